The normalized spacial score (nSPS) is 14.6. The highest BCUT2D eigenvalue weighted by Crippen LogP contribution is 2.27. The fourth-order valence-corrected chi connectivity index (χ4v) is 2.15. The van der Waals surface area contributed by atoms with Gasteiger partial charge in [-0.3, -0.25) is 0 Å². The number of nitrogens with zero attached hydrogens (tertiary/aromatic N) is 1. The lowest BCUT2D eigenvalue weighted by atomic mass is 10.3. The van der Waals surface area contributed by atoms with Gasteiger partial charge in [0.15, 0.2) is 5.11 Å². The SMILES string of the molecule is CCCN(C(=S)Nc1ccccc1)C1CC1. The van der Waals surface area contributed by atoms with Crippen LogP contribution >= 0.6 is 12.2 Å². The van der Waals surface area contributed by atoms with E-state index in [2.05, 4.69) is 17.1 Å². The van der Waals surface area contributed by atoms with Crippen molar-refractivity contribution in [2.75, 3.05) is 11.9 Å². The molecule has 1 fully saturated rings. The minimum Gasteiger partial charge on any atom is -0.346 e. The summed E-state index contributed by atoms with van der Waals surface area (Å²) in [7, 11) is 0. The fourth-order valence-electron chi connectivity index (χ4n) is 1.79. The molecular weight excluding hydrogens is 216 g/mol. The van der Waals surface area contributed by atoms with Crippen LogP contribution in [0.4, 0.5) is 5.69 Å². The molecule has 1 N–H and O–H groups in total. The molecule has 0 aromatic heterocycles. The summed E-state index contributed by atoms with van der Waals surface area (Å²) < 4.78 is 0. The van der Waals surface area contributed by atoms with Gasteiger partial charge in [0.1, 0.15) is 0 Å². The smallest absolute Gasteiger partial charge is 0.173 e. The van der Waals surface area contributed by atoms with Crippen molar-refractivity contribution in [1.82, 2.24) is 4.90 Å². The van der Waals surface area contributed by atoms with Crippen LogP contribution in [0.15, 0.2) is 30.3 Å². The van der Waals surface area contributed by atoms with Crippen LogP contribution in [0.1, 0.15) is 26.2 Å². The van der Waals surface area contributed by atoms with E-state index in [1.54, 1.807) is 0 Å². The Morgan fingerprint density at radius 3 is 2.62 bits per heavy atom. The molecule has 0 heterocycles. The second-order valence-electron chi connectivity index (χ2n) is 4.22. The van der Waals surface area contributed by atoms with Gasteiger partial charge in [-0.2, -0.15) is 0 Å². The molecule has 0 atom stereocenters. The van der Waals surface area contributed by atoms with Crippen molar-refractivity contribution in [3.8, 4) is 0 Å². The molecule has 0 spiro atoms. The zero-order valence-electron chi connectivity index (χ0n) is 9.65. The Hall–Kier alpha value is -1.09. The maximum atomic E-state index is 5.45. The molecule has 0 saturated heterocycles. The van der Waals surface area contributed by atoms with E-state index in [0.29, 0.717) is 6.04 Å². The van der Waals surface area contributed by atoms with Crippen molar-refractivity contribution in [2.45, 2.75) is 32.2 Å². The second-order valence-corrected chi connectivity index (χ2v) is 4.61. The highest BCUT2D eigenvalue weighted by molar-refractivity contribution is 7.80. The molecule has 1 saturated carbocycles. The summed E-state index contributed by atoms with van der Waals surface area (Å²) in [5.41, 5.74) is 1.08. The van der Waals surface area contributed by atoms with Gasteiger partial charge in [-0.15, -0.1) is 0 Å². The van der Waals surface area contributed by atoms with E-state index < -0.39 is 0 Å². The summed E-state index contributed by atoms with van der Waals surface area (Å²) in [6, 6.07) is 10.8. The van der Waals surface area contributed by atoms with Crippen LogP contribution in [0.3, 0.4) is 0 Å². The van der Waals surface area contributed by atoms with E-state index in [4.69, 9.17) is 12.2 Å². The first-order chi connectivity index (χ1) is 7.81. The molecule has 2 rings (SSSR count). The third-order valence-corrected chi connectivity index (χ3v) is 3.07. The number of anilines is 1. The van der Waals surface area contributed by atoms with Gasteiger partial charge in [-0.25, -0.2) is 0 Å². The minimum absolute atomic E-state index is 0.684. The first-order valence-corrected chi connectivity index (χ1v) is 6.34. The van der Waals surface area contributed by atoms with Crippen molar-refractivity contribution in [3.05, 3.63) is 30.3 Å². The van der Waals surface area contributed by atoms with E-state index in [-0.39, 0.29) is 0 Å². The topological polar surface area (TPSA) is 15.3 Å². The lowest BCUT2D eigenvalue weighted by molar-refractivity contribution is 0.414. The number of para-hydroxylation sites is 1. The first-order valence-electron chi connectivity index (χ1n) is 5.94. The molecule has 86 valence electrons. The van der Waals surface area contributed by atoms with Crippen LogP contribution in [0.25, 0.3) is 0 Å². The zero-order valence-corrected chi connectivity index (χ0v) is 10.5. The van der Waals surface area contributed by atoms with Crippen molar-refractivity contribution < 1.29 is 0 Å². The van der Waals surface area contributed by atoms with Gasteiger partial charge in [0.05, 0.1) is 0 Å². The van der Waals surface area contributed by atoms with Gasteiger partial charge in [-0.1, -0.05) is 25.1 Å². The molecule has 0 bridgehead atoms. The van der Waals surface area contributed by atoms with Gasteiger partial charge >= 0.3 is 0 Å². The van der Waals surface area contributed by atoms with Crippen LogP contribution in [0, 0.1) is 0 Å². The van der Waals surface area contributed by atoms with E-state index >= 15 is 0 Å². The number of benzene rings is 1. The highest BCUT2D eigenvalue weighted by atomic mass is 32.1. The van der Waals surface area contributed by atoms with Gasteiger partial charge in [0.25, 0.3) is 0 Å². The number of nitrogens with one attached hydrogen (secondary N) is 1. The Morgan fingerprint density at radius 2 is 2.06 bits per heavy atom. The molecule has 0 unspecified atom stereocenters. The third kappa shape index (κ3) is 2.95. The largest absolute Gasteiger partial charge is 0.346 e. The maximum Gasteiger partial charge on any atom is 0.173 e. The average molecular weight is 234 g/mol. The second kappa shape index (κ2) is 5.30. The number of hydrogen-bond acceptors (Lipinski definition) is 1. The molecule has 0 radical (unpaired) electrons. The standard InChI is InChI=1S/C13H18N2S/c1-2-10-15(12-8-9-12)13(16)14-11-6-4-3-5-7-11/h3-7,12H,2,8-10H2,1H3,(H,14,16). The Labute approximate surface area is 103 Å². The Kier molecular flexibility index (Phi) is 3.78. The Morgan fingerprint density at radius 1 is 1.38 bits per heavy atom. The molecule has 1 aliphatic carbocycles. The van der Waals surface area contributed by atoms with E-state index in [1.165, 1.54) is 12.8 Å². The molecule has 16 heavy (non-hydrogen) atoms. The maximum absolute atomic E-state index is 5.45. The summed E-state index contributed by atoms with van der Waals surface area (Å²) in [4.78, 5) is 2.32. The van der Waals surface area contributed by atoms with Crippen LogP contribution in [0.5, 0.6) is 0 Å². The highest BCUT2D eigenvalue weighted by Gasteiger charge is 2.29. The number of thiocarbonyl (C=S) groups is 1. The zero-order chi connectivity index (χ0) is 11.4. The molecule has 2 nitrogen and oxygen atoms in total. The molecule has 1 aromatic carbocycles. The molecule has 3 heteroatoms. The molecule has 0 amide bonds. The van der Waals surface area contributed by atoms with Crippen molar-refractivity contribution in [1.29, 1.82) is 0 Å². The minimum atomic E-state index is 0.684. The molecule has 1 aromatic rings. The van der Waals surface area contributed by atoms with Crippen molar-refractivity contribution in [2.24, 2.45) is 0 Å². The Bertz CT molecular complexity index is 346. The lowest BCUT2D eigenvalue weighted by Gasteiger charge is -2.25. The summed E-state index contributed by atoms with van der Waals surface area (Å²) in [6.07, 6.45) is 3.72. The number of rotatable bonds is 4. The quantitative estimate of drug-likeness (QED) is 0.805. The average Bonchev–Trinajstić information content (AvgIpc) is 3.11. The van der Waals surface area contributed by atoms with Crippen LogP contribution in [0.2, 0.25) is 0 Å². The van der Waals surface area contributed by atoms with Crippen molar-refractivity contribution in [3.63, 3.8) is 0 Å². The van der Waals surface area contributed by atoms with Gasteiger partial charge < -0.3 is 10.2 Å². The van der Waals surface area contributed by atoms with Crippen LogP contribution in [-0.4, -0.2) is 22.6 Å². The molecule has 1 aliphatic rings. The third-order valence-electron chi connectivity index (χ3n) is 2.74. The van der Waals surface area contributed by atoms with Crippen LogP contribution < -0.4 is 5.32 Å². The number of hydrogen-bond donors (Lipinski definition) is 1. The van der Waals surface area contributed by atoms with E-state index in [1.807, 2.05) is 30.3 Å². The van der Waals surface area contributed by atoms with Gasteiger partial charge in [0, 0.05) is 18.3 Å². The fraction of sp³-hybridized carbons (Fsp3) is 0.462. The Balaban J connectivity index is 1.95. The van der Waals surface area contributed by atoms with Gasteiger partial charge in [-0.05, 0) is 43.6 Å². The molecule has 0 aliphatic heterocycles. The lowest BCUT2D eigenvalue weighted by Crippen LogP contribution is -2.37. The monoisotopic (exact) mass is 234 g/mol. The summed E-state index contributed by atoms with van der Waals surface area (Å²) in [5, 5.41) is 4.18. The first kappa shape index (κ1) is 11.4. The van der Waals surface area contributed by atoms with Gasteiger partial charge in [0.2, 0.25) is 0 Å². The van der Waals surface area contributed by atoms with E-state index in [9.17, 15) is 0 Å². The van der Waals surface area contributed by atoms with E-state index in [0.717, 1.165) is 23.8 Å². The van der Waals surface area contributed by atoms with Crippen LogP contribution in [-0.2, 0) is 0 Å². The predicted octanol–water partition coefficient (Wildman–Crippen LogP) is 3.26. The van der Waals surface area contributed by atoms with Crippen molar-refractivity contribution >= 4 is 23.0 Å². The summed E-state index contributed by atoms with van der Waals surface area (Å²) >= 11 is 5.45. The molecular formula is C13H18N2S. The summed E-state index contributed by atoms with van der Waals surface area (Å²) in [5.74, 6) is 0. The summed E-state index contributed by atoms with van der Waals surface area (Å²) in [6.45, 7) is 3.25. The predicted molar refractivity (Wildman–Crippen MR) is 72.7 cm³/mol.